The highest BCUT2D eigenvalue weighted by molar-refractivity contribution is 6.06. The van der Waals surface area contributed by atoms with Gasteiger partial charge in [0.2, 0.25) is 0 Å². The summed E-state index contributed by atoms with van der Waals surface area (Å²) >= 11 is 0. The molecular formula is C21H20N2O4. The average molecular weight is 364 g/mol. The van der Waals surface area contributed by atoms with E-state index in [9.17, 15) is 9.59 Å². The number of anilines is 1. The summed E-state index contributed by atoms with van der Waals surface area (Å²) in [5, 5.41) is 3.96. The largest absolute Gasteiger partial charge is 0.465 e. The number of hydrogen-bond donors (Lipinski definition) is 1. The maximum atomic E-state index is 12.4. The van der Waals surface area contributed by atoms with Gasteiger partial charge in [0, 0.05) is 18.1 Å². The van der Waals surface area contributed by atoms with E-state index in [4.69, 9.17) is 9.47 Å². The van der Waals surface area contributed by atoms with Gasteiger partial charge in [-0.15, -0.1) is 0 Å². The van der Waals surface area contributed by atoms with Crippen LogP contribution in [0.25, 0.3) is 10.9 Å². The summed E-state index contributed by atoms with van der Waals surface area (Å²) < 4.78 is 9.96. The minimum atomic E-state index is -0.467. The number of esters is 2. The van der Waals surface area contributed by atoms with E-state index >= 15 is 0 Å². The van der Waals surface area contributed by atoms with Gasteiger partial charge in [0.05, 0.1) is 30.5 Å². The van der Waals surface area contributed by atoms with Crippen molar-refractivity contribution in [1.29, 1.82) is 0 Å². The number of pyridine rings is 1. The molecule has 3 aromatic rings. The number of carbonyl (C=O) groups is 2. The van der Waals surface area contributed by atoms with Gasteiger partial charge in [-0.3, -0.25) is 4.98 Å². The minimum Gasteiger partial charge on any atom is -0.465 e. The van der Waals surface area contributed by atoms with Crippen LogP contribution in [-0.2, 0) is 16.0 Å². The Labute approximate surface area is 157 Å². The number of hydrogen-bond acceptors (Lipinski definition) is 6. The van der Waals surface area contributed by atoms with Crippen LogP contribution >= 0.6 is 0 Å². The molecule has 0 aliphatic rings. The second-order valence-electron chi connectivity index (χ2n) is 5.83. The summed E-state index contributed by atoms with van der Waals surface area (Å²) in [4.78, 5) is 28.6. The zero-order valence-electron chi connectivity index (χ0n) is 15.2. The van der Waals surface area contributed by atoms with Crippen LogP contribution in [0.15, 0.2) is 54.7 Å². The number of fused-ring (bicyclic) bond motifs is 1. The normalized spacial score (nSPS) is 10.4. The van der Waals surface area contributed by atoms with Crippen molar-refractivity contribution in [1.82, 2.24) is 4.98 Å². The Hall–Kier alpha value is -3.41. The fourth-order valence-electron chi connectivity index (χ4n) is 2.78. The van der Waals surface area contributed by atoms with E-state index in [1.54, 1.807) is 25.1 Å². The Morgan fingerprint density at radius 1 is 1.07 bits per heavy atom. The Morgan fingerprint density at radius 2 is 1.85 bits per heavy atom. The van der Waals surface area contributed by atoms with E-state index in [2.05, 4.69) is 10.3 Å². The van der Waals surface area contributed by atoms with E-state index in [0.29, 0.717) is 34.3 Å². The zero-order chi connectivity index (χ0) is 19.2. The second kappa shape index (κ2) is 8.31. The first kappa shape index (κ1) is 18.4. The molecule has 0 saturated heterocycles. The van der Waals surface area contributed by atoms with Gasteiger partial charge in [-0.1, -0.05) is 30.3 Å². The summed E-state index contributed by atoms with van der Waals surface area (Å²) in [6.07, 6.45) is 1.49. The minimum absolute atomic E-state index is 0.261. The lowest BCUT2D eigenvalue weighted by Crippen LogP contribution is -2.11. The fourth-order valence-corrected chi connectivity index (χ4v) is 2.78. The summed E-state index contributed by atoms with van der Waals surface area (Å²) in [6, 6.07) is 14.9. The Bertz CT molecular complexity index is 971. The van der Waals surface area contributed by atoms with E-state index < -0.39 is 11.9 Å². The molecule has 2 aromatic carbocycles. The summed E-state index contributed by atoms with van der Waals surface area (Å²) in [7, 11) is 1.33. The van der Waals surface area contributed by atoms with Crippen molar-refractivity contribution in [2.24, 2.45) is 0 Å². The van der Waals surface area contributed by atoms with Crippen LogP contribution in [-0.4, -0.2) is 30.6 Å². The van der Waals surface area contributed by atoms with Gasteiger partial charge in [-0.25, -0.2) is 9.59 Å². The molecule has 0 spiro atoms. The first-order chi connectivity index (χ1) is 13.1. The van der Waals surface area contributed by atoms with Crippen LogP contribution in [0, 0.1) is 0 Å². The number of ether oxygens (including phenoxy) is 2. The quantitative estimate of drug-likeness (QED) is 0.670. The van der Waals surface area contributed by atoms with Crippen molar-refractivity contribution < 1.29 is 19.1 Å². The number of nitrogens with one attached hydrogen (secondary N) is 1. The molecule has 0 bridgehead atoms. The predicted octanol–water partition coefficient (Wildman–Crippen LogP) is 3.81. The highest BCUT2D eigenvalue weighted by Gasteiger charge is 2.18. The third kappa shape index (κ3) is 4.06. The first-order valence-electron chi connectivity index (χ1n) is 8.60. The smallest absolute Gasteiger partial charge is 0.341 e. The van der Waals surface area contributed by atoms with Crippen LogP contribution in [0.1, 0.15) is 33.2 Å². The van der Waals surface area contributed by atoms with Crippen LogP contribution < -0.4 is 5.32 Å². The molecule has 138 valence electrons. The molecule has 1 aromatic heterocycles. The molecule has 0 fully saturated rings. The summed E-state index contributed by atoms with van der Waals surface area (Å²) in [5.41, 5.74) is 3.00. The van der Waals surface area contributed by atoms with Gasteiger partial charge in [0.15, 0.2) is 0 Å². The number of carbonyl (C=O) groups excluding carboxylic acids is 2. The summed E-state index contributed by atoms with van der Waals surface area (Å²) in [5.74, 6) is -0.918. The van der Waals surface area contributed by atoms with Crippen molar-refractivity contribution >= 4 is 28.5 Å². The number of aromatic nitrogens is 1. The Kier molecular flexibility index (Phi) is 5.66. The van der Waals surface area contributed by atoms with Gasteiger partial charge in [0.25, 0.3) is 0 Å². The number of rotatable bonds is 6. The fraction of sp³-hybridized carbons (Fsp3) is 0.190. The molecule has 0 aliphatic heterocycles. The summed E-state index contributed by atoms with van der Waals surface area (Å²) in [6.45, 7) is 2.52. The van der Waals surface area contributed by atoms with E-state index in [1.807, 2.05) is 30.3 Å². The molecule has 0 atom stereocenters. The van der Waals surface area contributed by atoms with Crippen molar-refractivity contribution in [3.05, 3.63) is 71.4 Å². The lowest BCUT2D eigenvalue weighted by atomic mass is 10.1. The molecule has 6 nitrogen and oxygen atoms in total. The molecule has 3 rings (SSSR count). The second-order valence-corrected chi connectivity index (χ2v) is 5.83. The third-order valence-corrected chi connectivity index (χ3v) is 4.10. The van der Waals surface area contributed by atoms with E-state index in [0.717, 1.165) is 5.56 Å². The maximum Gasteiger partial charge on any atom is 0.341 e. The van der Waals surface area contributed by atoms with Crippen molar-refractivity contribution in [3.63, 3.8) is 0 Å². The van der Waals surface area contributed by atoms with Gasteiger partial charge in [0.1, 0.15) is 5.56 Å². The number of benzene rings is 2. The van der Waals surface area contributed by atoms with Gasteiger partial charge >= 0.3 is 11.9 Å². The first-order valence-corrected chi connectivity index (χ1v) is 8.60. The Morgan fingerprint density at radius 3 is 2.56 bits per heavy atom. The average Bonchev–Trinajstić information content (AvgIpc) is 2.71. The van der Waals surface area contributed by atoms with Gasteiger partial charge < -0.3 is 14.8 Å². The molecule has 0 aliphatic carbocycles. The Balaban J connectivity index is 2.09. The molecule has 1 N–H and O–H groups in total. The monoisotopic (exact) mass is 364 g/mol. The van der Waals surface area contributed by atoms with E-state index in [1.165, 1.54) is 13.3 Å². The molecule has 0 saturated carbocycles. The van der Waals surface area contributed by atoms with Crippen molar-refractivity contribution in [2.45, 2.75) is 13.5 Å². The van der Waals surface area contributed by atoms with Crippen molar-refractivity contribution in [3.8, 4) is 0 Å². The molecule has 0 radical (unpaired) electrons. The molecule has 0 unspecified atom stereocenters. The highest BCUT2D eigenvalue weighted by Crippen LogP contribution is 2.28. The number of methoxy groups -OCH3 is 1. The molecule has 27 heavy (non-hydrogen) atoms. The van der Waals surface area contributed by atoms with Gasteiger partial charge in [-0.05, 0) is 30.7 Å². The standard InChI is InChI=1S/C21H20N2O4/c1-3-27-21(25)17-13-22-18-10-9-15(20(24)26-2)11-16(18)19(17)23-12-14-7-5-4-6-8-14/h4-11,13H,3,12H2,1-2H3,(H,22,23). The maximum absolute atomic E-state index is 12.4. The molecule has 0 amide bonds. The molecule has 6 heteroatoms. The van der Waals surface area contributed by atoms with Gasteiger partial charge in [-0.2, -0.15) is 0 Å². The molecular weight excluding hydrogens is 344 g/mol. The SMILES string of the molecule is CCOC(=O)c1cnc2ccc(C(=O)OC)cc2c1NCc1ccccc1. The van der Waals surface area contributed by atoms with Crippen LogP contribution in [0.3, 0.4) is 0 Å². The molecule has 1 heterocycles. The highest BCUT2D eigenvalue weighted by atomic mass is 16.5. The van der Waals surface area contributed by atoms with Crippen LogP contribution in [0.2, 0.25) is 0 Å². The van der Waals surface area contributed by atoms with Crippen molar-refractivity contribution in [2.75, 3.05) is 19.0 Å². The predicted molar refractivity (Wildman–Crippen MR) is 103 cm³/mol. The van der Waals surface area contributed by atoms with Crippen LogP contribution in [0.4, 0.5) is 5.69 Å². The third-order valence-electron chi connectivity index (χ3n) is 4.10. The topological polar surface area (TPSA) is 77.5 Å². The van der Waals surface area contributed by atoms with E-state index in [-0.39, 0.29) is 6.61 Å². The number of nitrogens with zero attached hydrogens (tertiary/aromatic N) is 1. The van der Waals surface area contributed by atoms with Crippen LogP contribution in [0.5, 0.6) is 0 Å². The zero-order valence-corrected chi connectivity index (χ0v) is 15.2. The lowest BCUT2D eigenvalue weighted by Gasteiger charge is -2.15. The lowest BCUT2D eigenvalue weighted by molar-refractivity contribution is 0.0526.